The summed E-state index contributed by atoms with van der Waals surface area (Å²) in [6, 6.07) is 24.3. The fourth-order valence-electron chi connectivity index (χ4n) is 5.21. The van der Waals surface area contributed by atoms with Crippen molar-refractivity contribution in [2.24, 2.45) is 5.11 Å². The molecule has 5 atom stereocenters. The number of hydrogen-bond acceptors (Lipinski definition) is 9. The van der Waals surface area contributed by atoms with Gasteiger partial charge in [-0.2, -0.15) is 0 Å². The highest BCUT2D eigenvalue weighted by Gasteiger charge is 2.50. The van der Waals surface area contributed by atoms with Gasteiger partial charge in [-0.1, -0.05) is 125 Å². The first kappa shape index (κ1) is 39.9. The molecule has 0 aromatic heterocycles. The number of carbonyl (C=O) groups is 2. The van der Waals surface area contributed by atoms with Gasteiger partial charge < -0.3 is 33.7 Å². The van der Waals surface area contributed by atoms with E-state index in [1.165, 1.54) is 0 Å². The van der Waals surface area contributed by atoms with Crippen LogP contribution in [0.15, 0.2) is 103 Å². The third-order valence-electron chi connectivity index (χ3n) is 7.60. The first-order chi connectivity index (χ1) is 24.7. The van der Waals surface area contributed by atoms with Crippen LogP contribution in [0.25, 0.3) is 10.4 Å². The maximum atomic E-state index is 13.9. The smallest absolute Gasteiger partial charge is 0.407 e. The van der Waals surface area contributed by atoms with Gasteiger partial charge in [0.05, 0.1) is 38.5 Å². The van der Waals surface area contributed by atoms with Crippen molar-refractivity contribution in [1.29, 1.82) is 0 Å². The number of allylic oxidation sites excluding steroid dienone is 1. The number of amides is 1. The summed E-state index contributed by atoms with van der Waals surface area (Å²) in [6.07, 6.45) is -2.22. The minimum absolute atomic E-state index is 0.0463. The fraction of sp³-hybridized carbons (Fsp3) is 0.389. The lowest BCUT2D eigenvalue weighted by Crippen LogP contribution is -2.66. The first-order valence-corrected chi connectivity index (χ1v) is 17.3. The molecule has 3 aromatic carbocycles. The van der Waals surface area contributed by atoms with Crippen molar-refractivity contribution in [2.75, 3.05) is 19.8 Å². The Hall–Kier alpha value is -3.84. The van der Waals surface area contributed by atoms with E-state index in [0.717, 1.165) is 11.1 Å². The second kappa shape index (κ2) is 20.9. The molecular weight excluding hydrogens is 723 g/mol. The first-order valence-electron chi connectivity index (χ1n) is 16.1. The normalized spacial score (nSPS) is 20.1. The van der Waals surface area contributed by atoms with Crippen molar-refractivity contribution < 1.29 is 38.0 Å². The zero-order valence-corrected chi connectivity index (χ0v) is 29.9. The number of unbranched alkanes of at least 4 members (excludes halogenated alkanes) is 1. The van der Waals surface area contributed by atoms with Gasteiger partial charge in [0.2, 0.25) is 3.79 Å². The van der Waals surface area contributed by atoms with Gasteiger partial charge in [0.1, 0.15) is 24.9 Å². The van der Waals surface area contributed by atoms with Gasteiger partial charge in [0.15, 0.2) is 12.4 Å². The molecular formula is C36H39Cl3N4O8. The van der Waals surface area contributed by atoms with Gasteiger partial charge in [-0.25, -0.2) is 9.59 Å². The van der Waals surface area contributed by atoms with Gasteiger partial charge in [-0.3, -0.25) is 0 Å². The Labute approximate surface area is 311 Å². The van der Waals surface area contributed by atoms with Crippen LogP contribution in [-0.4, -0.2) is 66.3 Å². The Morgan fingerprint density at radius 1 is 0.941 bits per heavy atom. The van der Waals surface area contributed by atoms with E-state index in [1.807, 2.05) is 60.7 Å². The monoisotopic (exact) mass is 760 g/mol. The number of halogens is 3. The third-order valence-corrected chi connectivity index (χ3v) is 7.92. The molecule has 0 saturated carbocycles. The van der Waals surface area contributed by atoms with E-state index in [1.54, 1.807) is 30.3 Å². The van der Waals surface area contributed by atoms with Crippen molar-refractivity contribution in [3.05, 3.63) is 130 Å². The molecule has 1 aliphatic heterocycles. The number of esters is 1. The quantitative estimate of drug-likeness (QED) is 0.0261. The van der Waals surface area contributed by atoms with E-state index < -0.39 is 53.1 Å². The van der Waals surface area contributed by atoms with Crippen LogP contribution in [0.3, 0.4) is 0 Å². The van der Waals surface area contributed by atoms with Gasteiger partial charge in [-0.05, 0) is 41.1 Å². The Morgan fingerprint density at radius 3 is 2.27 bits per heavy atom. The van der Waals surface area contributed by atoms with E-state index in [0.29, 0.717) is 18.4 Å². The van der Waals surface area contributed by atoms with Crippen molar-refractivity contribution in [1.82, 2.24) is 5.32 Å². The summed E-state index contributed by atoms with van der Waals surface area (Å²) < 4.78 is 34.8. The number of alkyl halides is 3. The number of nitrogens with zero attached hydrogens (tertiary/aromatic N) is 3. The zero-order valence-electron chi connectivity index (χ0n) is 27.7. The summed E-state index contributed by atoms with van der Waals surface area (Å²) in [4.78, 5) is 29.9. The number of hydrogen-bond donors (Lipinski definition) is 1. The molecule has 12 nitrogen and oxygen atoms in total. The van der Waals surface area contributed by atoms with Gasteiger partial charge in [0, 0.05) is 4.91 Å². The summed E-state index contributed by atoms with van der Waals surface area (Å²) >= 11 is 17.5. The van der Waals surface area contributed by atoms with Crippen molar-refractivity contribution >= 4 is 46.9 Å². The molecule has 15 heteroatoms. The summed E-state index contributed by atoms with van der Waals surface area (Å²) in [5.41, 5.74) is 11.3. The Bertz CT molecular complexity index is 1590. The molecule has 1 fully saturated rings. The highest BCUT2D eigenvalue weighted by molar-refractivity contribution is 6.67. The van der Waals surface area contributed by atoms with Crippen LogP contribution in [0.2, 0.25) is 0 Å². The summed E-state index contributed by atoms with van der Waals surface area (Å²) in [7, 11) is 0. The van der Waals surface area contributed by atoms with Gasteiger partial charge in [0.25, 0.3) is 0 Å². The van der Waals surface area contributed by atoms with Crippen LogP contribution >= 0.6 is 34.8 Å². The molecule has 3 aromatic rings. The maximum Gasteiger partial charge on any atom is 0.407 e. The molecule has 0 spiro atoms. The highest BCUT2D eigenvalue weighted by Crippen LogP contribution is 2.31. The number of alkyl carbamates (subject to hydrolysis) is 1. The summed E-state index contributed by atoms with van der Waals surface area (Å²) in [5, 5.41) is 6.35. The molecule has 51 heavy (non-hydrogen) atoms. The molecule has 1 saturated heterocycles. The topological polar surface area (TPSA) is 150 Å². The molecule has 1 amide bonds. The van der Waals surface area contributed by atoms with Crippen LogP contribution in [-0.2, 0) is 48.2 Å². The highest BCUT2D eigenvalue weighted by atomic mass is 35.6. The van der Waals surface area contributed by atoms with E-state index in [-0.39, 0.29) is 38.5 Å². The zero-order chi connectivity index (χ0) is 36.5. The number of rotatable bonds is 18. The largest absolute Gasteiger partial charge is 0.453 e. The molecule has 272 valence electrons. The minimum atomic E-state index is -1.87. The lowest BCUT2D eigenvalue weighted by Gasteiger charge is -2.45. The number of benzene rings is 3. The van der Waals surface area contributed by atoms with Crippen LogP contribution in [0.5, 0.6) is 0 Å². The second-order valence-corrected chi connectivity index (χ2v) is 13.9. The number of ether oxygens (including phenoxy) is 6. The summed E-state index contributed by atoms with van der Waals surface area (Å²) in [5.74, 6) is -0.739. The minimum Gasteiger partial charge on any atom is -0.453 e. The number of azide groups is 1. The second-order valence-electron chi connectivity index (χ2n) is 11.4. The molecule has 4 rings (SSSR count). The van der Waals surface area contributed by atoms with Crippen LogP contribution < -0.4 is 5.32 Å². The summed E-state index contributed by atoms with van der Waals surface area (Å²) in [6.45, 7) is 3.62. The van der Waals surface area contributed by atoms with Crippen molar-refractivity contribution in [2.45, 2.75) is 67.0 Å². The lowest BCUT2D eigenvalue weighted by atomic mass is 9.95. The van der Waals surface area contributed by atoms with E-state index in [9.17, 15) is 9.59 Å². The molecule has 0 radical (unpaired) electrons. The number of nitrogens with one attached hydrogen (secondary N) is 1. The van der Waals surface area contributed by atoms with Gasteiger partial charge >= 0.3 is 12.1 Å². The predicted octanol–water partition coefficient (Wildman–Crippen LogP) is 8.00. The molecule has 1 heterocycles. The Balaban J connectivity index is 1.71. The fourth-order valence-corrected chi connectivity index (χ4v) is 5.38. The lowest BCUT2D eigenvalue weighted by molar-refractivity contribution is -0.280. The molecule has 0 unspecified atom stereocenters. The molecule has 0 bridgehead atoms. The van der Waals surface area contributed by atoms with E-state index in [2.05, 4.69) is 21.9 Å². The van der Waals surface area contributed by atoms with Gasteiger partial charge in [-0.15, -0.1) is 6.58 Å². The molecule has 1 N–H and O–H groups in total. The van der Waals surface area contributed by atoms with Crippen molar-refractivity contribution in [3.8, 4) is 0 Å². The van der Waals surface area contributed by atoms with Crippen LogP contribution in [0.1, 0.15) is 39.9 Å². The van der Waals surface area contributed by atoms with E-state index in [4.69, 9.17) is 68.8 Å². The molecule has 1 aliphatic rings. The van der Waals surface area contributed by atoms with Crippen LogP contribution in [0, 0.1) is 0 Å². The SMILES string of the molecule is C=CCCCO[C@@H]1O[C@H](COCc2ccccc2)[C@@H](OC(=O)c2ccccc2CN=[N+]=[N-])[C@H](OCc2ccccc2)[C@H]1NC(=O)OCC(Cl)(Cl)Cl. The third kappa shape index (κ3) is 13.3. The average molecular weight is 762 g/mol. The average Bonchev–Trinajstić information content (AvgIpc) is 3.13. The Morgan fingerprint density at radius 2 is 1.61 bits per heavy atom. The standard InChI is InChI=1S/C36H39Cl3N4O8/c1-2-3-12-19-47-34-30(42-35(45)49-24-36(37,38)39)32(48-22-26-15-8-5-9-16-26)31(29(50-34)23-46-21-25-13-6-4-7-14-25)51-33(44)28-18-11-10-17-27(28)20-41-43-40/h2,4-11,13-18,29-32,34H,1,3,12,19-24H2,(H,42,45)/t29-,30-,31-,32-,34-/m1/s1. The maximum absolute atomic E-state index is 13.9. The predicted molar refractivity (Wildman–Crippen MR) is 192 cm³/mol. The van der Waals surface area contributed by atoms with E-state index >= 15 is 0 Å². The van der Waals surface area contributed by atoms with Crippen molar-refractivity contribution in [3.63, 3.8) is 0 Å². The Kier molecular flexibility index (Phi) is 16.3. The van der Waals surface area contributed by atoms with Crippen LogP contribution in [0.4, 0.5) is 4.79 Å². The number of carbonyl (C=O) groups excluding carboxylic acids is 2. The molecule has 0 aliphatic carbocycles.